The van der Waals surface area contributed by atoms with E-state index in [2.05, 4.69) is 0 Å². The van der Waals surface area contributed by atoms with Crippen LogP contribution < -0.4 is 9.47 Å². The highest BCUT2D eigenvalue weighted by atomic mass is 16.5. The first-order chi connectivity index (χ1) is 15.0. The van der Waals surface area contributed by atoms with Crippen LogP contribution in [0.1, 0.15) is 29.2 Å². The van der Waals surface area contributed by atoms with Crippen molar-refractivity contribution in [3.63, 3.8) is 0 Å². The summed E-state index contributed by atoms with van der Waals surface area (Å²) < 4.78 is 16.0. The second-order valence-electron chi connectivity index (χ2n) is 7.54. The number of benzene rings is 2. The zero-order chi connectivity index (χ0) is 22.0. The Labute approximate surface area is 180 Å². The third-order valence-electron chi connectivity index (χ3n) is 5.66. The number of ether oxygens (including phenoxy) is 3. The highest BCUT2D eigenvalue weighted by molar-refractivity contribution is 6.46. The van der Waals surface area contributed by atoms with Gasteiger partial charge in [0, 0.05) is 32.2 Å². The lowest BCUT2D eigenvalue weighted by atomic mass is 9.94. The number of Topliss-reactive ketones (excluding diaryl/α,β-unsaturated/α-hetero) is 1. The molecule has 1 atom stereocenters. The molecule has 7 heteroatoms. The van der Waals surface area contributed by atoms with Crippen LogP contribution in [-0.4, -0.2) is 55.7 Å². The maximum atomic E-state index is 13.0. The molecule has 2 aliphatic heterocycles. The average molecular weight is 423 g/mol. The molecule has 2 aliphatic rings. The lowest BCUT2D eigenvalue weighted by molar-refractivity contribution is -0.140. The highest BCUT2D eigenvalue weighted by Gasteiger charge is 2.46. The quantitative estimate of drug-likeness (QED) is 0.319. The smallest absolute Gasteiger partial charge is 0.295 e. The third kappa shape index (κ3) is 3.88. The summed E-state index contributed by atoms with van der Waals surface area (Å²) in [6.45, 7) is 1.38. The van der Waals surface area contributed by atoms with Gasteiger partial charge in [0.05, 0.1) is 25.3 Å². The van der Waals surface area contributed by atoms with E-state index in [1.54, 1.807) is 44.6 Å². The second-order valence-corrected chi connectivity index (χ2v) is 7.54. The number of fused-ring (bicyclic) bond motifs is 1. The van der Waals surface area contributed by atoms with Crippen LogP contribution in [-0.2, 0) is 20.7 Å². The molecule has 0 spiro atoms. The number of ketones is 1. The minimum Gasteiger partial charge on any atom is -0.507 e. The number of likely N-dealkylation sites (tertiary alicyclic amines) is 1. The predicted molar refractivity (Wildman–Crippen MR) is 114 cm³/mol. The van der Waals surface area contributed by atoms with Crippen LogP contribution in [0.4, 0.5) is 0 Å². The van der Waals surface area contributed by atoms with Gasteiger partial charge in [0.1, 0.15) is 17.3 Å². The van der Waals surface area contributed by atoms with E-state index < -0.39 is 17.7 Å². The van der Waals surface area contributed by atoms with Gasteiger partial charge in [0.15, 0.2) is 0 Å². The SMILES string of the molecule is COCCCN1C(=O)C(=O)/C(=C(\O)c2ccc3c(c2)CCO3)C1c1cccc(OC)c1. The number of aliphatic hydroxyl groups excluding tert-OH is 1. The van der Waals surface area contributed by atoms with Crippen LogP contribution in [0, 0.1) is 0 Å². The molecule has 2 aromatic rings. The zero-order valence-electron chi connectivity index (χ0n) is 17.6. The number of carbonyl (C=O) groups is 2. The average Bonchev–Trinajstić information content (AvgIpc) is 3.36. The predicted octanol–water partition coefficient (Wildman–Crippen LogP) is 3.09. The molecule has 4 rings (SSSR count). The second kappa shape index (κ2) is 8.81. The van der Waals surface area contributed by atoms with E-state index in [9.17, 15) is 14.7 Å². The fraction of sp³-hybridized carbons (Fsp3) is 0.333. The van der Waals surface area contributed by atoms with E-state index in [-0.39, 0.29) is 11.3 Å². The van der Waals surface area contributed by atoms with Crippen molar-refractivity contribution in [1.29, 1.82) is 0 Å². The first kappa shape index (κ1) is 20.9. The normalized spacial score (nSPS) is 19.4. The Balaban J connectivity index is 1.82. The molecular formula is C24H25NO6. The number of methoxy groups -OCH3 is 2. The fourth-order valence-corrected chi connectivity index (χ4v) is 4.14. The van der Waals surface area contributed by atoms with Crippen LogP contribution in [0.5, 0.6) is 11.5 Å². The van der Waals surface area contributed by atoms with Gasteiger partial charge in [-0.05, 0) is 47.9 Å². The van der Waals surface area contributed by atoms with Gasteiger partial charge in [-0.1, -0.05) is 12.1 Å². The molecule has 1 fully saturated rings. The van der Waals surface area contributed by atoms with Gasteiger partial charge < -0.3 is 24.2 Å². The summed E-state index contributed by atoms with van der Waals surface area (Å²) in [5.74, 6) is -0.125. The minimum atomic E-state index is -0.712. The Morgan fingerprint density at radius 1 is 1.19 bits per heavy atom. The molecule has 7 nitrogen and oxygen atoms in total. The number of amides is 1. The Hall–Kier alpha value is -3.32. The standard InChI is InChI=1S/C24H25NO6/c1-29-11-4-10-25-21(16-5-3-6-18(14-16)30-2)20(23(27)24(25)28)22(26)17-7-8-19-15(13-17)9-12-31-19/h3,5-8,13-14,21,26H,4,9-12H2,1-2H3/b22-20-. The minimum absolute atomic E-state index is 0.0783. The van der Waals surface area contributed by atoms with E-state index >= 15 is 0 Å². The lowest BCUT2D eigenvalue weighted by Gasteiger charge is -2.25. The summed E-state index contributed by atoms with van der Waals surface area (Å²) in [6, 6.07) is 11.8. The zero-order valence-corrected chi connectivity index (χ0v) is 17.6. The first-order valence-corrected chi connectivity index (χ1v) is 10.2. The molecule has 0 aromatic heterocycles. The number of aliphatic hydroxyl groups is 1. The van der Waals surface area contributed by atoms with E-state index in [1.807, 2.05) is 12.1 Å². The lowest BCUT2D eigenvalue weighted by Crippen LogP contribution is -2.31. The highest BCUT2D eigenvalue weighted by Crippen LogP contribution is 2.41. The van der Waals surface area contributed by atoms with E-state index in [4.69, 9.17) is 14.2 Å². The van der Waals surface area contributed by atoms with Crippen LogP contribution in [0.3, 0.4) is 0 Å². The maximum Gasteiger partial charge on any atom is 0.295 e. The van der Waals surface area contributed by atoms with E-state index in [0.29, 0.717) is 43.1 Å². The van der Waals surface area contributed by atoms with E-state index in [0.717, 1.165) is 17.7 Å². The van der Waals surface area contributed by atoms with Crippen molar-refractivity contribution in [3.05, 3.63) is 64.7 Å². The van der Waals surface area contributed by atoms with Crippen LogP contribution in [0.15, 0.2) is 48.0 Å². The Kier molecular flexibility index (Phi) is 5.95. The summed E-state index contributed by atoms with van der Waals surface area (Å²) in [5, 5.41) is 11.2. The Morgan fingerprint density at radius 3 is 2.81 bits per heavy atom. The van der Waals surface area contributed by atoms with Crippen molar-refractivity contribution in [2.75, 3.05) is 34.0 Å². The van der Waals surface area contributed by atoms with Crippen molar-refractivity contribution in [2.24, 2.45) is 0 Å². The summed E-state index contributed by atoms with van der Waals surface area (Å²) in [6.07, 6.45) is 1.31. The van der Waals surface area contributed by atoms with Gasteiger partial charge in [-0.2, -0.15) is 0 Å². The molecule has 0 saturated carbocycles. The third-order valence-corrected chi connectivity index (χ3v) is 5.66. The molecule has 2 aromatic carbocycles. The number of hydrogen-bond acceptors (Lipinski definition) is 6. The summed E-state index contributed by atoms with van der Waals surface area (Å²) in [5.41, 5.74) is 2.24. The fourth-order valence-electron chi connectivity index (χ4n) is 4.14. The summed E-state index contributed by atoms with van der Waals surface area (Å²) >= 11 is 0. The number of hydrogen-bond donors (Lipinski definition) is 1. The molecule has 0 bridgehead atoms. The van der Waals surface area contributed by atoms with Gasteiger partial charge in [-0.3, -0.25) is 9.59 Å². The molecule has 162 valence electrons. The largest absolute Gasteiger partial charge is 0.507 e. The van der Waals surface area contributed by atoms with E-state index in [1.165, 1.54) is 4.90 Å². The number of carbonyl (C=O) groups excluding carboxylic acids is 2. The molecule has 1 unspecified atom stereocenters. The van der Waals surface area contributed by atoms with Crippen LogP contribution in [0.25, 0.3) is 5.76 Å². The monoisotopic (exact) mass is 423 g/mol. The van der Waals surface area contributed by atoms with Crippen LogP contribution >= 0.6 is 0 Å². The number of rotatable bonds is 7. The number of nitrogens with zero attached hydrogens (tertiary/aromatic N) is 1. The molecule has 1 saturated heterocycles. The van der Waals surface area contributed by atoms with Gasteiger partial charge >= 0.3 is 0 Å². The van der Waals surface area contributed by atoms with Crippen LogP contribution in [0.2, 0.25) is 0 Å². The topological polar surface area (TPSA) is 85.3 Å². The molecular weight excluding hydrogens is 398 g/mol. The van der Waals surface area contributed by atoms with Crippen molar-refractivity contribution in [2.45, 2.75) is 18.9 Å². The first-order valence-electron chi connectivity index (χ1n) is 10.2. The maximum absolute atomic E-state index is 13.0. The van der Waals surface area contributed by atoms with Crippen molar-refractivity contribution in [3.8, 4) is 11.5 Å². The molecule has 0 radical (unpaired) electrons. The van der Waals surface area contributed by atoms with Gasteiger partial charge in [-0.25, -0.2) is 0 Å². The molecule has 31 heavy (non-hydrogen) atoms. The Morgan fingerprint density at radius 2 is 2.03 bits per heavy atom. The van der Waals surface area contributed by atoms with Crippen molar-refractivity contribution >= 4 is 17.4 Å². The van der Waals surface area contributed by atoms with Gasteiger partial charge in [-0.15, -0.1) is 0 Å². The molecule has 1 N–H and O–H groups in total. The summed E-state index contributed by atoms with van der Waals surface area (Å²) in [7, 11) is 3.15. The van der Waals surface area contributed by atoms with Gasteiger partial charge in [0.25, 0.3) is 11.7 Å². The summed E-state index contributed by atoms with van der Waals surface area (Å²) in [4.78, 5) is 27.4. The van der Waals surface area contributed by atoms with Gasteiger partial charge in [0.2, 0.25) is 0 Å². The van der Waals surface area contributed by atoms with Crippen molar-refractivity contribution in [1.82, 2.24) is 4.90 Å². The Bertz CT molecular complexity index is 1040. The molecule has 0 aliphatic carbocycles. The molecule has 2 heterocycles. The molecule has 1 amide bonds. The van der Waals surface area contributed by atoms with Crippen molar-refractivity contribution < 1.29 is 28.9 Å².